The summed E-state index contributed by atoms with van der Waals surface area (Å²) in [5.74, 6) is 0.714. The van der Waals surface area contributed by atoms with Gasteiger partial charge in [-0.15, -0.1) is 11.3 Å². The van der Waals surface area contributed by atoms with Crippen molar-refractivity contribution in [2.75, 3.05) is 0 Å². The summed E-state index contributed by atoms with van der Waals surface area (Å²) in [7, 11) is 0. The second-order valence-electron chi connectivity index (χ2n) is 4.91. The van der Waals surface area contributed by atoms with Crippen molar-refractivity contribution >= 4 is 34.5 Å². The molecule has 1 aliphatic rings. The molecule has 2 nitrogen and oxygen atoms in total. The van der Waals surface area contributed by atoms with Crippen molar-refractivity contribution in [3.8, 4) is 5.75 Å². The highest BCUT2D eigenvalue weighted by molar-refractivity contribution is 7.16. The first-order valence-electron chi connectivity index (χ1n) is 6.59. The van der Waals surface area contributed by atoms with Crippen molar-refractivity contribution in [2.24, 2.45) is 0 Å². The van der Waals surface area contributed by atoms with Gasteiger partial charge in [-0.2, -0.15) is 0 Å². The zero-order chi connectivity index (χ0) is 13.9. The molecule has 0 spiro atoms. The fourth-order valence-electron chi connectivity index (χ4n) is 1.90. The Balaban J connectivity index is 1.58. The minimum Gasteiger partial charge on any atom is -0.487 e. The van der Waals surface area contributed by atoms with E-state index in [4.69, 9.17) is 27.9 Å². The second-order valence-corrected chi connectivity index (χ2v) is 7.12. The van der Waals surface area contributed by atoms with Crippen LogP contribution in [0.1, 0.15) is 23.3 Å². The molecular weight excluding hydrogens is 313 g/mol. The van der Waals surface area contributed by atoms with Crippen LogP contribution < -0.4 is 10.1 Å². The van der Waals surface area contributed by atoms with E-state index in [1.165, 1.54) is 29.7 Å². The number of benzene rings is 1. The average Bonchev–Trinajstić information content (AvgIpc) is 3.17. The van der Waals surface area contributed by atoms with Crippen LogP contribution in [0.3, 0.4) is 0 Å². The maximum atomic E-state index is 6.26. The average molecular weight is 328 g/mol. The molecule has 0 unspecified atom stereocenters. The molecule has 1 aromatic carbocycles. The molecule has 0 atom stereocenters. The summed E-state index contributed by atoms with van der Waals surface area (Å²) >= 11 is 13.7. The van der Waals surface area contributed by atoms with Gasteiger partial charge in [0.1, 0.15) is 12.4 Å². The molecule has 20 heavy (non-hydrogen) atoms. The lowest BCUT2D eigenvalue weighted by atomic mass is 10.2. The van der Waals surface area contributed by atoms with Crippen LogP contribution in [0.15, 0.2) is 30.3 Å². The van der Waals surface area contributed by atoms with E-state index < -0.39 is 0 Å². The first-order chi connectivity index (χ1) is 9.70. The molecule has 1 N–H and O–H groups in total. The van der Waals surface area contributed by atoms with Crippen molar-refractivity contribution in [3.05, 3.63) is 50.1 Å². The summed E-state index contributed by atoms with van der Waals surface area (Å²) in [5, 5.41) is 4.12. The summed E-state index contributed by atoms with van der Waals surface area (Å²) in [5.41, 5.74) is 1.19. The van der Waals surface area contributed by atoms with Gasteiger partial charge in [-0.1, -0.05) is 29.3 Å². The summed E-state index contributed by atoms with van der Waals surface area (Å²) in [6.07, 6.45) is 2.58. The largest absolute Gasteiger partial charge is 0.487 e. The number of rotatable bonds is 6. The van der Waals surface area contributed by atoms with Crippen LogP contribution in [0.4, 0.5) is 0 Å². The Morgan fingerprint density at radius 3 is 2.70 bits per heavy atom. The second kappa shape index (κ2) is 6.35. The standard InChI is InChI=1S/C15H15Cl2NOS/c16-13-7-10(8-18-11-2-3-11)1-5-14(13)19-9-12-4-6-15(17)20-12/h1,4-7,11,18H,2-3,8-9H2. The predicted octanol–water partition coefficient (Wildman–Crippen LogP) is 4.89. The van der Waals surface area contributed by atoms with Gasteiger partial charge in [0.15, 0.2) is 0 Å². The summed E-state index contributed by atoms with van der Waals surface area (Å²) < 4.78 is 6.50. The molecule has 1 saturated carbocycles. The molecule has 1 fully saturated rings. The first kappa shape index (κ1) is 14.2. The highest BCUT2D eigenvalue weighted by Gasteiger charge is 2.20. The zero-order valence-corrected chi connectivity index (χ0v) is 13.2. The highest BCUT2D eigenvalue weighted by Crippen LogP contribution is 2.28. The smallest absolute Gasteiger partial charge is 0.138 e. The molecular formula is C15H15Cl2NOS. The van der Waals surface area contributed by atoms with E-state index in [9.17, 15) is 0 Å². The number of ether oxygens (including phenoxy) is 1. The molecule has 3 rings (SSSR count). The van der Waals surface area contributed by atoms with Crippen molar-refractivity contribution in [1.29, 1.82) is 0 Å². The number of hydrogen-bond acceptors (Lipinski definition) is 3. The Labute approximate surface area is 132 Å². The van der Waals surface area contributed by atoms with Gasteiger partial charge in [0.05, 0.1) is 9.36 Å². The molecule has 5 heteroatoms. The fraction of sp³-hybridized carbons (Fsp3) is 0.333. The molecule has 0 saturated heterocycles. The maximum Gasteiger partial charge on any atom is 0.138 e. The molecule has 0 aliphatic heterocycles. The van der Waals surface area contributed by atoms with E-state index in [1.807, 2.05) is 24.3 Å². The van der Waals surface area contributed by atoms with E-state index in [-0.39, 0.29) is 0 Å². The molecule has 1 heterocycles. The Kier molecular flexibility index (Phi) is 4.51. The summed E-state index contributed by atoms with van der Waals surface area (Å²) in [4.78, 5) is 1.09. The van der Waals surface area contributed by atoms with E-state index in [0.717, 1.165) is 15.8 Å². The molecule has 0 bridgehead atoms. The topological polar surface area (TPSA) is 21.3 Å². The lowest BCUT2D eigenvalue weighted by Gasteiger charge is -2.09. The Hall–Kier alpha value is -0.740. The minimum absolute atomic E-state index is 0.497. The minimum atomic E-state index is 0.497. The van der Waals surface area contributed by atoms with E-state index in [2.05, 4.69) is 11.4 Å². The third-order valence-corrected chi connectivity index (χ3v) is 4.67. The van der Waals surface area contributed by atoms with E-state index in [1.54, 1.807) is 0 Å². The van der Waals surface area contributed by atoms with Gasteiger partial charge in [0.25, 0.3) is 0 Å². The maximum absolute atomic E-state index is 6.26. The van der Waals surface area contributed by atoms with Gasteiger partial charge < -0.3 is 10.1 Å². The van der Waals surface area contributed by atoms with Crippen molar-refractivity contribution in [2.45, 2.75) is 32.0 Å². The van der Waals surface area contributed by atoms with Crippen molar-refractivity contribution in [3.63, 3.8) is 0 Å². The molecule has 0 radical (unpaired) electrons. The molecule has 106 valence electrons. The van der Waals surface area contributed by atoms with Gasteiger partial charge in [-0.05, 0) is 42.7 Å². The van der Waals surface area contributed by atoms with Gasteiger partial charge in [-0.3, -0.25) is 0 Å². The van der Waals surface area contributed by atoms with Crippen LogP contribution in [-0.2, 0) is 13.2 Å². The number of halogens is 2. The molecule has 1 aliphatic carbocycles. The molecule has 0 amide bonds. The monoisotopic (exact) mass is 327 g/mol. The molecule has 1 aromatic heterocycles. The van der Waals surface area contributed by atoms with Crippen LogP contribution in [0.2, 0.25) is 9.36 Å². The van der Waals surface area contributed by atoms with Crippen LogP contribution in [-0.4, -0.2) is 6.04 Å². The number of hydrogen-bond donors (Lipinski definition) is 1. The SMILES string of the molecule is Clc1ccc(COc2ccc(CNC3CC3)cc2Cl)s1. The number of thiophene rings is 1. The van der Waals surface area contributed by atoms with Gasteiger partial charge in [0.2, 0.25) is 0 Å². The van der Waals surface area contributed by atoms with Gasteiger partial charge in [-0.25, -0.2) is 0 Å². The van der Waals surface area contributed by atoms with Crippen LogP contribution in [0, 0.1) is 0 Å². The molecule has 2 aromatic rings. The summed E-state index contributed by atoms with van der Waals surface area (Å²) in [6, 6.07) is 10.5. The normalized spacial score (nSPS) is 14.5. The van der Waals surface area contributed by atoms with Crippen LogP contribution in [0.25, 0.3) is 0 Å². The predicted molar refractivity (Wildman–Crippen MR) is 85.0 cm³/mol. The lowest BCUT2D eigenvalue weighted by molar-refractivity contribution is 0.310. The quantitative estimate of drug-likeness (QED) is 0.815. The van der Waals surface area contributed by atoms with E-state index in [0.29, 0.717) is 23.4 Å². The van der Waals surface area contributed by atoms with Gasteiger partial charge >= 0.3 is 0 Å². The van der Waals surface area contributed by atoms with Crippen molar-refractivity contribution < 1.29 is 4.74 Å². The lowest BCUT2D eigenvalue weighted by Crippen LogP contribution is -2.15. The fourth-order valence-corrected chi connectivity index (χ4v) is 3.16. The van der Waals surface area contributed by atoms with E-state index >= 15 is 0 Å². The zero-order valence-electron chi connectivity index (χ0n) is 10.9. The van der Waals surface area contributed by atoms with Crippen molar-refractivity contribution in [1.82, 2.24) is 5.32 Å². The number of nitrogens with one attached hydrogen (secondary N) is 1. The van der Waals surface area contributed by atoms with Crippen LogP contribution in [0.5, 0.6) is 5.75 Å². The van der Waals surface area contributed by atoms with Gasteiger partial charge in [0, 0.05) is 17.5 Å². The Morgan fingerprint density at radius 2 is 2.05 bits per heavy atom. The summed E-state index contributed by atoms with van der Waals surface area (Å²) in [6.45, 7) is 1.36. The highest BCUT2D eigenvalue weighted by atomic mass is 35.5. The first-order valence-corrected chi connectivity index (χ1v) is 8.17. The Morgan fingerprint density at radius 1 is 1.20 bits per heavy atom. The van der Waals surface area contributed by atoms with Crippen LogP contribution >= 0.6 is 34.5 Å². The Bertz CT molecular complexity index is 595. The third-order valence-electron chi connectivity index (χ3n) is 3.17. The third kappa shape index (κ3) is 3.89.